The molecule has 1 saturated heterocycles. The summed E-state index contributed by atoms with van der Waals surface area (Å²) < 4.78 is 30.7. The number of aromatic nitrogens is 1. The molecule has 0 bridgehead atoms. The monoisotopic (exact) mass is 380 g/mol. The molecule has 1 amide bonds. The fraction of sp³-hybridized carbons (Fsp3) is 0.412. The van der Waals surface area contributed by atoms with Crippen LogP contribution in [-0.4, -0.2) is 42.7 Å². The molecule has 132 valence electrons. The number of sulfone groups is 1. The Kier molecular flexibility index (Phi) is 4.08. The van der Waals surface area contributed by atoms with Gasteiger partial charge in [0.15, 0.2) is 15.5 Å². The number of carbonyl (C=O) groups excluding carboxylic acids is 1. The predicted molar refractivity (Wildman–Crippen MR) is 91.4 cm³/mol. The molecule has 1 aromatic heterocycles. The summed E-state index contributed by atoms with van der Waals surface area (Å²) in [7, 11) is -3.50. The molecule has 2 aliphatic rings. The summed E-state index contributed by atoms with van der Waals surface area (Å²) >= 11 is 5.82. The van der Waals surface area contributed by atoms with E-state index >= 15 is 0 Å². The largest absolute Gasteiger partial charge is 0.360 e. The second-order valence-corrected chi connectivity index (χ2v) is 9.21. The Labute approximate surface area is 150 Å². The molecule has 1 aliphatic heterocycles. The molecule has 1 aliphatic carbocycles. The second-order valence-electron chi connectivity index (χ2n) is 6.55. The van der Waals surface area contributed by atoms with E-state index in [2.05, 4.69) is 5.16 Å². The average Bonchev–Trinajstić information content (AvgIpc) is 3.13. The van der Waals surface area contributed by atoms with Gasteiger partial charge in [-0.25, -0.2) is 8.42 Å². The topological polar surface area (TPSA) is 80.5 Å². The molecule has 1 aromatic carbocycles. The van der Waals surface area contributed by atoms with Crippen LogP contribution in [0.5, 0.6) is 0 Å². The molecule has 6 nitrogen and oxygen atoms in total. The Balaban J connectivity index is 1.48. The molecule has 1 saturated carbocycles. The molecule has 0 radical (unpaired) electrons. The second kappa shape index (κ2) is 6.14. The zero-order chi connectivity index (χ0) is 17.6. The summed E-state index contributed by atoms with van der Waals surface area (Å²) in [6, 6.07) is 7.80. The van der Waals surface area contributed by atoms with Crippen LogP contribution in [0.2, 0.25) is 5.02 Å². The maximum Gasteiger partial charge on any atom is 0.276 e. The lowest BCUT2D eigenvalue weighted by Gasteiger charge is -2.15. The number of halogens is 1. The smallest absolute Gasteiger partial charge is 0.276 e. The zero-order valence-corrected chi connectivity index (χ0v) is 15.0. The first-order valence-electron chi connectivity index (χ1n) is 8.20. The van der Waals surface area contributed by atoms with Crippen LogP contribution in [0.3, 0.4) is 0 Å². The molecule has 2 aromatic rings. The summed E-state index contributed by atoms with van der Waals surface area (Å²) in [5.74, 6) is 0.850. The van der Waals surface area contributed by atoms with E-state index in [1.807, 2.05) is 0 Å². The highest BCUT2D eigenvalue weighted by Crippen LogP contribution is 2.40. The Bertz CT molecular complexity index is 903. The third-order valence-corrected chi connectivity index (χ3v) is 7.18. The highest BCUT2D eigenvalue weighted by molar-refractivity contribution is 7.92. The van der Waals surface area contributed by atoms with E-state index in [0.717, 1.165) is 18.6 Å². The lowest BCUT2D eigenvalue weighted by molar-refractivity contribution is 0.0783. The van der Waals surface area contributed by atoms with Gasteiger partial charge in [0.1, 0.15) is 5.76 Å². The number of benzene rings is 1. The van der Waals surface area contributed by atoms with Crippen LogP contribution < -0.4 is 0 Å². The van der Waals surface area contributed by atoms with Crippen molar-refractivity contribution >= 4 is 27.3 Å². The van der Waals surface area contributed by atoms with E-state index in [4.69, 9.17) is 16.1 Å². The molecule has 8 heteroatoms. The van der Waals surface area contributed by atoms with E-state index in [1.54, 1.807) is 18.2 Å². The summed E-state index contributed by atoms with van der Waals surface area (Å²) in [5, 5.41) is 3.71. The van der Waals surface area contributed by atoms with Crippen molar-refractivity contribution in [3.63, 3.8) is 0 Å². The summed E-state index contributed by atoms with van der Waals surface area (Å²) in [6.45, 7) is 0.553. The quantitative estimate of drug-likeness (QED) is 0.814. The minimum absolute atomic E-state index is 0.162. The van der Waals surface area contributed by atoms with Crippen LogP contribution >= 0.6 is 11.6 Å². The maximum atomic E-state index is 12.7. The van der Waals surface area contributed by atoms with Gasteiger partial charge in [0.2, 0.25) is 0 Å². The molecule has 2 heterocycles. The van der Waals surface area contributed by atoms with Crippen molar-refractivity contribution in [3.8, 4) is 0 Å². The molecule has 0 spiro atoms. The summed E-state index contributed by atoms with van der Waals surface area (Å²) in [5.41, 5.74) is 0.256. The fourth-order valence-corrected chi connectivity index (χ4v) is 4.91. The molecular weight excluding hydrogens is 364 g/mol. The number of likely N-dealkylation sites (tertiary alicyclic amines) is 1. The standard InChI is InChI=1S/C17H17ClN2O4S/c18-12-3-5-13(6-4-12)25(22,23)14-7-8-20(10-14)17(21)15-9-16(24-19-15)11-1-2-11/h3-6,9,11,14H,1-2,7-8,10H2. The Morgan fingerprint density at radius 3 is 2.60 bits per heavy atom. The van der Waals surface area contributed by atoms with E-state index < -0.39 is 15.1 Å². The van der Waals surface area contributed by atoms with Crippen LogP contribution in [0.1, 0.15) is 41.4 Å². The number of carbonyl (C=O) groups is 1. The third-order valence-electron chi connectivity index (χ3n) is 4.74. The van der Waals surface area contributed by atoms with E-state index in [-0.39, 0.29) is 23.0 Å². The van der Waals surface area contributed by atoms with Crippen molar-refractivity contribution < 1.29 is 17.7 Å². The molecule has 25 heavy (non-hydrogen) atoms. The van der Waals surface area contributed by atoms with Gasteiger partial charge in [-0.3, -0.25) is 4.79 Å². The van der Waals surface area contributed by atoms with E-state index in [0.29, 0.717) is 23.9 Å². The number of amides is 1. The van der Waals surface area contributed by atoms with Gasteiger partial charge in [0, 0.05) is 30.1 Å². The van der Waals surface area contributed by atoms with Gasteiger partial charge in [-0.05, 0) is 43.5 Å². The van der Waals surface area contributed by atoms with Crippen LogP contribution in [0, 0.1) is 0 Å². The van der Waals surface area contributed by atoms with Gasteiger partial charge in [0.25, 0.3) is 5.91 Å². The molecule has 0 N–H and O–H groups in total. The lowest BCUT2D eigenvalue weighted by atomic mass is 10.2. The number of hydrogen-bond donors (Lipinski definition) is 0. The van der Waals surface area contributed by atoms with Gasteiger partial charge in [0.05, 0.1) is 10.1 Å². The Morgan fingerprint density at radius 1 is 1.20 bits per heavy atom. The lowest BCUT2D eigenvalue weighted by Crippen LogP contribution is -2.32. The maximum absolute atomic E-state index is 12.7. The van der Waals surface area contributed by atoms with Crippen LogP contribution in [-0.2, 0) is 9.84 Å². The number of hydrogen-bond acceptors (Lipinski definition) is 5. The summed E-state index contributed by atoms with van der Waals surface area (Å²) in [4.78, 5) is 14.3. The van der Waals surface area contributed by atoms with Crippen molar-refractivity contribution in [1.29, 1.82) is 0 Å². The number of rotatable bonds is 4. The molecule has 4 rings (SSSR count). The normalized spacial score (nSPS) is 20.8. The molecule has 1 atom stereocenters. The third kappa shape index (κ3) is 3.18. The highest BCUT2D eigenvalue weighted by atomic mass is 35.5. The fourth-order valence-electron chi connectivity index (χ4n) is 3.10. The first kappa shape index (κ1) is 16.6. The van der Waals surface area contributed by atoms with E-state index in [1.165, 1.54) is 17.0 Å². The molecular formula is C17H17ClN2O4S. The van der Waals surface area contributed by atoms with Crippen molar-refractivity contribution in [2.75, 3.05) is 13.1 Å². The first-order valence-corrected chi connectivity index (χ1v) is 10.1. The van der Waals surface area contributed by atoms with Crippen LogP contribution in [0.4, 0.5) is 0 Å². The number of nitrogens with zero attached hydrogens (tertiary/aromatic N) is 2. The van der Waals surface area contributed by atoms with Crippen molar-refractivity contribution in [2.24, 2.45) is 0 Å². The van der Waals surface area contributed by atoms with Crippen molar-refractivity contribution in [3.05, 3.63) is 46.8 Å². The average molecular weight is 381 g/mol. The van der Waals surface area contributed by atoms with Crippen LogP contribution in [0.15, 0.2) is 39.8 Å². The first-order chi connectivity index (χ1) is 11.9. The zero-order valence-electron chi connectivity index (χ0n) is 13.4. The van der Waals surface area contributed by atoms with Crippen LogP contribution in [0.25, 0.3) is 0 Å². The SMILES string of the molecule is O=C(c1cc(C2CC2)on1)N1CCC(S(=O)(=O)c2ccc(Cl)cc2)C1. The van der Waals surface area contributed by atoms with Gasteiger partial charge in [-0.15, -0.1) is 0 Å². The Morgan fingerprint density at radius 2 is 1.92 bits per heavy atom. The van der Waals surface area contributed by atoms with Crippen molar-refractivity contribution in [2.45, 2.75) is 35.3 Å². The van der Waals surface area contributed by atoms with Gasteiger partial charge in [-0.2, -0.15) is 0 Å². The van der Waals surface area contributed by atoms with Crippen molar-refractivity contribution in [1.82, 2.24) is 10.1 Å². The predicted octanol–water partition coefficient (Wildman–Crippen LogP) is 2.89. The van der Waals surface area contributed by atoms with Gasteiger partial charge < -0.3 is 9.42 Å². The van der Waals surface area contributed by atoms with Gasteiger partial charge in [-0.1, -0.05) is 16.8 Å². The summed E-state index contributed by atoms with van der Waals surface area (Å²) in [6.07, 6.45) is 2.53. The van der Waals surface area contributed by atoms with Gasteiger partial charge >= 0.3 is 0 Å². The van der Waals surface area contributed by atoms with E-state index in [9.17, 15) is 13.2 Å². The minimum Gasteiger partial charge on any atom is -0.360 e. The Hall–Kier alpha value is -1.86. The minimum atomic E-state index is -3.50. The molecule has 2 fully saturated rings. The molecule has 1 unspecified atom stereocenters. The highest BCUT2D eigenvalue weighted by Gasteiger charge is 2.37.